The van der Waals surface area contributed by atoms with Gasteiger partial charge >= 0.3 is 0 Å². The molecule has 0 saturated carbocycles. The summed E-state index contributed by atoms with van der Waals surface area (Å²) in [5.41, 5.74) is 5.19. The molecule has 0 bridgehead atoms. The second kappa shape index (κ2) is 13.8. The van der Waals surface area contributed by atoms with Gasteiger partial charge in [0.2, 0.25) is 5.91 Å². The quantitative estimate of drug-likeness (QED) is 0.159. The number of aryl methyl sites for hydroxylation is 1. The summed E-state index contributed by atoms with van der Waals surface area (Å²) in [7, 11) is 3.25. The Morgan fingerprint density at radius 1 is 0.864 bits per heavy atom. The minimum Gasteiger partial charge on any atom is -0.497 e. The normalized spacial score (nSPS) is 13.8. The van der Waals surface area contributed by atoms with Crippen molar-refractivity contribution in [1.29, 1.82) is 0 Å². The number of aromatic nitrogens is 1. The second-order valence-corrected chi connectivity index (χ2v) is 11.6. The summed E-state index contributed by atoms with van der Waals surface area (Å²) in [6, 6.07) is 24.7. The van der Waals surface area contributed by atoms with Gasteiger partial charge in [0.15, 0.2) is 0 Å². The van der Waals surface area contributed by atoms with Crippen molar-refractivity contribution in [2.24, 2.45) is 0 Å². The fourth-order valence-electron chi connectivity index (χ4n) is 6.06. The molecule has 0 radical (unpaired) electrons. The zero-order chi connectivity index (χ0) is 31.2. The highest BCUT2D eigenvalue weighted by atomic mass is 16.5. The molecular weight excluding hydrogens is 550 g/mol. The third-order valence-electron chi connectivity index (χ3n) is 8.43. The molecule has 5 rings (SSSR count). The van der Waals surface area contributed by atoms with Crippen LogP contribution in [0.5, 0.6) is 11.5 Å². The van der Waals surface area contributed by atoms with Gasteiger partial charge in [0, 0.05) is 23.4 Å². The number of fused-ring (bicyclic) bond motifs is 3. The predicted octanol–water partition coefficient (Wildman–Crippen LogP) is 7.60. The number of hydrogen-bond donors (Lipinski definition) is 0. The van der Waals surface area contributed by atoms with Gasteiger partial charge in [-0.2, -0.15) is 0 Å². The molecule has 0 unspecified atom stereocenters. The minimum absolute atomic E-state index is 0.0763. The molecule has 0 fully saturated rings. The molecule has 4 aromatic rings. The Hall–Kier alpha value is -4.52. The Kier molecular flexibility index (Phi) is 9.73. The summed E-state index contributed by atoms with van der Waals surface area (Å²) < 4.78 is 13.5. The van der Waals surface area contributed by atoms with Crippen LogP contribution in [0.4, 0.5) is 5.69 Å². The van der Waals surface area contributed by atoms with E-state index in [-0.39, 0.29) is 24.4 Å². The lowest BCUT2D eigenvalue weighted by Gasteiger charge is -2.40. The first-order valence-electron chi connectivity index (χ1n) is 15.6. The average Bonchev–Trinajstić information content (AvgIpc) is 3.54. The van der Waals surface area contributed by atoms with Gasteiger partial charge < -0.3 is 18.9 Å². The molecule has 1 aliphatic heterocycles. The number of anilines is 1. The van der Waals surface area contributed by atoms with Crippen LogP contribution in [0.15, 0.2) is 85.1 Å². The first-order valence-corrected chi connectivity index (χ1v) is 15.6. The Balaban J connectivity index is 1.49. The van der Waals surface area contributed by atoms with Gasteiger partial charge in [-0.25, -0.2) is 0 Å². The standard InChI is InChI=1S/C37H43N3O4/c1-6-7-8-9-13-27-17-19-28(20-18-27)37(42)39(26(2)3)25-35(41)40-32-15-11-10-14-31(32)38-23-12-16-33(38)36(40)30-24-29(43-4)21-22-34(30)44-5/h10-12,14-24,26,36H,6-9,13,25H2,1-5H3/t36-/m0/s1. The van der Waals surface area contributed by atoms with Gasteiger partial charge in [-0.15, -0.1) is 0 Å². The largest absolute Gasteiger partial charge is 0.497 e. The van der Waals surface area contributed by atoms with E-state index >= 15 is 0 Å². The lowest BCUT2D eigenvalue weighted by Crippen LogP contribution is -2.48. The number of rotatable bonds is 12. The Morgan fingerprint density at radius 2 is 1.61 bits per heavy atom. The van der Waals surface area contributed by atoms with E-state index in [2.05, 4.69) is 11.5 Å². The lowest BCUT2D eigenvalue weighted by molar-refractivity contribution is -0.120. The van der Waals surface area contributed by atoms with Crippen molar-refractivity contribution in [3.63, 3.8) is 0 Å². The molecule has 1 aliphatic rings. The van der Waals surface area contributed by atoms with E-state index in [9.17, 15) is 9.59 Å². The van der Waals surface area contributed by atoms with Crippen LogP contribution in [0.2, 0.25) is 0 Å². The number of carbonyl (C=O) groups is 2. The van der Waals surface area contributed by atoms with Crippen molar-refractivity contribution in [2.75, 3.05) is 25.7 Å². The second-order valence-electron chi connectivity index (χ2n) is 11.6. The summed E-state index contributed by atoms with van der Waals surface area (Å²) in [4.78, 5) is 31.9. The van der Waals surface area contributed by atoms with Crippen LogP contribution in [-0.4, -0.2) is 48.1 Å². The van der Waals surface area contributed by atoms with E-state index in [4.69, 9.17) is 9.47 Å². The van der Waals surface area contributed by atoms with E-state index in [1.54, 1.807) is 19.1 Å². The van der Waals surface area contributed by atoms with Crippen molar-refractivity contribution in [1.82, 2.24) is 9.47 Å². The predicted molar refractivity (Wildman–Crippen MR) is 175 cm³/mol. The van der Waals surface area contributed by atoms with Gasteiger partial charge in [0.25, 0.3) is 5.91 Å². The Labute approximate surface area is 261 Å². The molecule has 0 aliphatic carbocycles. The van der Waals surface area contributed by atoms with Gasteiger partial charge in [-0.05, 0) is 86.8 Å². The van der Waals surface area contributed by atoms with Crippen molar-refractivity contribution < 1.29 is 19.1 Å². The van der Waals surface area contributed by atoms with Crippen LogP contribution in [-0.2, 0) is 11.2 Å². The molecule has 0 spiro atoms. The summed E-state index contributed by atoms with van der Waals surface area (Å²) in [6.45, 7) is 6.03. The molecule has 0 N–H and O–H groups in total. The Bertz CT molecular complexity index is 1590. The fourth-order valence-corrected chi connectivity index (χ4v) is 6.06. The Morgan fingerprint density at radius 3 is 2.30 bits per heavy atom. The molecule has 0 saturated heterocycles. The average molecular weight is 594 g/mol. The number of amides is 2. The topological polar surface area (TPSA) is 64.0 Å². The van der Waals surface area contributed by atoms with Crippen LogP contribution in [0.3, 0.4) is 0 Å². The number of nitrogens with zero attached hydrogens (tertiary/aromatic N) is 3. The van der Waals surface area contributed by atoms with E-state index in [0.29, 0.717) is 17.1 Å². The maximum Gasteiger partial charge on any atom is 0.254 e. The zero-order valence-electron chi connectivity index (χ0n) is 26.5. The number of methoxy groups -OCH3 is 2. The first-order chi connectivity index (χ1) is 21.4. The summed E-state index contributed by atoms with van der Waals surface area (Å²) in [5, 5.41) is 0. The van der Waals surface area contributed by atoms with E-state index < -0.39 is 6.04 Å². The molecule has 1 atom stereocenters. The maximum absolute atomic E-state index is 14.6. The third-order valence-corrected chi connectivity index (χ3v) is 8.43. The van der Waals surface area contributed by atoms with Crippen molar-refractivity contribution >= 4 is 17.5 Å². The molecule has 44 heavy (non-hydrogen) atoms. The minimum atomic E-state index is -0.506. The number of carbonyl (C=O) groups excluding carboxylic acids is 2. The van der Waals surface area contributed by atoms with Crippen molar-refractivity contribution in [3.05, 3.63) is 107 Å². The molecular formula is C37H43N3O4. The summed E-state index contributed by atoms with van der Waals surface area (Å²) in [5.74, 6) is 0.967. The van der Waals surface area contributed by atoms with Crippen LogP contribution < -0.4 is 14.4 Å². The van der Waals surface area contributed by atoms with Crippen LogP contribution in [0.25, 0.3) is 5.69 Å². The van der Waals surface area contributed by atoms with Gasteiger partial charge in [-0.1, -0.05) is 50.5 Å². The van der Waals surface area contributed by atoms with Crippen molar-refractivity contribution in [3.8, 4) is 17.2 Å². The summed E-state index contributed by atoms with van der Waals surface area (Å²) >= 11 is 0. The highest BCUT2D eigenvalue weighted by Gasteiger charge is 2.39. The van der Waals surface area contributed by atoms with Crippen molar-refractivity contribution in [2.45, 2.75) is 65.0 Å². The molecule has 1 aromatic heterocycles. The van der Waals surface area contributed by atoms with Gasteiger partial charge in [0.05, 0.1) is 31.3 Å². The third kappa shape index (κ3) is 6.23. The number of unbranched alkanes of at least 4 members (excludes halogenated alkanes) is 3. The van der Waals surface area contributed by atoms with E-state index in [1.165, 1.54) is 24.8 Å². The maximum atomic E-state index is 14.6. The van der Waals surface area contributed by atoms with Gasteiger partial charge in [0.1, 0.15) is 24.1 Å². The summed E-state index contributed by atoms with van der Waals surface area (Å²) in [6.07, 6.45) is 7.83. The fraction of sp³-hybridized carbons (Fsp3) is 0.351. The first kappa shape index (κ1) is 30.9. The number of para-hydroxylation sites is 2. The lowest BCUT2D eigenvalue weighted by atomic mass is 9.96. The molecule has 7 heteroatoms. The monoisotopic (exact) mass is 593 g/mol. The smallest absolute Gasteiger partial charge is 0.254 e. The number of benzene rings is 3. The molecule has 2 heterocycles. The number of ether oxygens (including phenoxy) is 2. The van der Waals surface area contributed by atoms with Crippen LogP contribution >= 0.6 is 0 Å². The SMILES string of the molecule is CCCCCCc1ccc(C(=O)N(CC(=O)N2c3ccccc3-n3cccc3[C@@H]2c2cc(OC)ccc2OC)C(C)C)cc1. The number of hydrogen-bond acceptors (Lipinski definition) is 4. The molecule has 7 nitrogen and oxygen atoms in total. The van der Waals surface area contributed by atoms with E-state index in [0.717, 1.165) is 35.5 Å². The zero-order valence-corrected chi connectivity index (χ0v) is 26.5. The molecule has 3 aromatic carbocycles. The van der Waals surface area contributed by atoms with Gasteiger partial charge in [-0.3, -0.25) is 14.5 Å². The highest BCUT2D eigenvalue weighted by molar-refractivity contribution is 6.03. The van der Waals surface area contributed by atoms with Crippen LogP contribution in [0.1, 0.15) is 79.7 Å². The van der Waals surface area contributed by atoms with Crippen LogP contribution in [0, 0.1) is 0 Å². The molecule has 2 amide bonds. The van der Waals surface area contributed by atoms with E-state index in [1.807, 2.05) is 104 Å². The molecule has 230 valence electrons. The highest BCUT2D eigenvalue weighted by Crippen LogP contribution is 2.45.